The van der Waals surface area contributed by atoms with E-state index < -0.39 is 0 Å². The molecule has 2 amide bonds. The van der Waals surface area contributed by atoms with Crippen LogP contribution in [-0.2, 0) is 6.54 Å². The predicted octanol–water partition coefficient (Wildman–Crippen LogP) is 4.24. The summed E-state index contributed by atoms with van der Waals surface area (Å²) in [6.07, 6.45) is 0.846. The summed E-state index contributed by atoms with van der Waals surface area (Å²) < 4.78 is 15.9. The molecule has 0 saturated carbocycles. The normalized spacial score (nSPS) is 17.0. The third-order valence-corrected chi connectivity index (χ3v) is 4.59. The van der Waals surface area contributed by atoms with Crippen LogP contribution in [0.4, 0.5) is 14.9 Å². The molecule has 1 aromatic carbocycles. The minimum Gasteiger partial charge on any atom is -0.345 e. The summed E-state index contributed by atoms with van der Waals surface area (Å²) in [7, 11) is 0. The van der Waals surface area contributed by atoms with E-state index in [9.17, 15) is 9.18 Å². The Kier molecular flexibility index (Phi) is 4.11. The number of amides is 2. The van der Waals surface area contributed by atoms with Crippen molar-refractivity contribution in [3.05, 3.63) is 53.1 Å². The van der Waals surface area contributed by atoms with Crippen molar-refractivity contribution in [2.24, 2.45) is 0 Å². The smallest absolute Gasteiger partial charge is 0.322 e. The Hall–Kier alpha value is -2.30. The van der Waals surface area contributed by atoms with Crippen molar-refractivity contribution in [1.82, 2.24) is 9.47 Å². The van der Waals surface area contributed by atoms with Gasteiger partial charge in [-0.05, 0) is 50.1 Å². The van der Waals surface area contributed by atoms with Gasteiger partial charge in [0.05, 0.1) is 6.04 Å². The van der Waals surface area contributed by atoms with Crippen LogP contribution in [0, 0.1) is 19.7 Å². The number of anilines is 1. The van der Waals surface area contributed by atoms with Crippen LogP contribution in [0.15, 0.2) is 30.3 Å². The summed E-state index contributed by atoms with van der Waals surface area (Å²) in [5.41, 5.74) is 3.45. The number of rotatable bonds is 2. The Labute approximate surface area is 135 Å². The van der Waals surface area contributed by atoms with Gasteiger partial charge in [-0.1, -0.05) is 13.0 Å². The lowest BCUT2D eigenvalue weighted by atomic mass is 10.1. The van der Waals surface area contributed by atoms with E-state index in [4.69, 9.17) is 0 Å². The molecule has 3 rings (SSSR count). The van der Waals surface area contributed by atoms with Gasteiger partial charge in [-0.15, -0.1) is 0 Å². The highest BCUT2D eigenvalue weighted by molar-refractivity contribution is 5.89. The summed E-state index contributed by atoms with van der Waals surface area (Å²) in [5, 5.41) is 2.82. The van der Waals surface area contributed by atoms with Gasteiger partial charge >= 0.3 is 6.03 Å². The second-order valence-electron chi connectivity index (χ2n) is 6.06. The van der Waals surface area contributed by atoms with Crippen LogP contribution in [0.1, 0.15) is 36.3 Å². The van der Waals surface area contributed by atoms with Gasteiger partial charge in [-0.2, -0.15) is 0 Å². The quantitative estimate of drug-likeness (QED) is 0.884. The van der Waals surface area contributed by atoms with E-state index in [-0.39, 0.29) is 17.9 Å². The molecule has 0 aliphatic carbocycles. The van der Waals surface area contributed by atoms with E-state index in [1.54, 1.807) is 19.1 Å². The maximum Gasteiger partial charge on any atom is 0.322 e. The number of aryl methyl sites for hydroxylation is 2. The van der Waals surface area contributed by atoms with Gasteiger partial charge in [0.25, 0.3) is 0 Å². The molecule has 0 spiro atoms. The number of halogens is 1. The van der Waals surface area contributed by atoms with Crippen LogP contribution in [0.5, 0.6) is 0 Å². The van der Waals surface area contributed by atoms with E-state index >= 15 is 0 Å². The average Bonchev–Trinajstić information content (AvgIpc) is 2.91. The molecule has 0 bridgehead atoms. The first-order chi connectivity index (χ1) is 11.0. The largest absolute Gasteiger partial charge is 0.345 e. The number of fused-ring (bicyclic) bond motifs is 1. The van der Waals surface area contributed by atoms with Crippen molar-refractivity contribution in [1.29, 1.82) is 0 Å². The van der Waals surface area contributed by atoms with Gasteiger partial charge in [-0.25, -0.2) is 9.18 Å². The van der Waals surface area contributed by atoms with Gasteiger partial charge in [0, 0.05) is 30.2 Å². The highest BCUT2D eigenvalue weighted by atomic mass is 19.1. The first-order valence-corrected chi connectivity index (χ1v) is 8.01. The first-order valence-electron chi connectivity index (χ1n) is 8.01. The molecule has 1 aliphatic rings. The van der Waals surface area contributed by atoms with Crippen molar-refractivity contribution in [3.63, 3.8) is 0 Å². The summed E-state index contributed by atoms with van der Waals surface area (Å²) in [6.45, 7) is 7.31. The molecule has 122 valence electrons. The molecule has 2 aromatic rings. The lowest BCUT2D eigenvalue weighted by Crippen LogP contribution is -2.44. The van der Waals surface area contributed by atoms with Crippen molar-refractivity contribution in [2.45, 2.75) is 39.8 Å². The summed E-state index contributed by atoms with van der Waals surface area (Å²) in [6, 6.07) is 8.83. The van der Waals surface area contributed by atoms with Crippen molar-refractivity contribution in [2.75, 3.05) is 11.9 Å². The SMILES string of the molecule is CC[C@H]1c2ccc(C)n2CCN1C(=O)Nc1ccc(C)c(F)c1. The number of urea groups is 1. The topological polar surface area (TPSA) is 37.3 Å². The van der Waals surface area contributed by atoms with E-state index in [0.29, 0.717) is 17.8 Å². The van der Waals surface area contributed by atoms with Crippen LogP contribution < -0.4 is 5.32 Å². The lowest BCUT2D eigenvalue weighted by Gasteiger charge is -2.37. The number of carbonyl (C=O) groups is 1. The first kappa shape index (κ1) is 15.6. The molecule has 2 heterocycles. The van der Waals surface area contributed by atoms with Crippen LogP contribution >= 0.6 is 0 Å². The molecule has 23 heavy (non-hydrogen) atoms. The molecule has 1 N–H and O–H groups in total. The van der Waals surface area contributed by atoms with Gasteiger partial charge < -0.3 is 14.8 Å². The summed E-state index contributed by atoms with van der Waals surface area (Å²) >= 11 is 0. The molecule has 0 fully saturated rings. The number of nitrogens with zero attached hydrogens (tertiary/aromatic N) is 2. The maximum absolute atomic E-state index is 13.6. The van der Waals surface area contributed by atoms with Crippen molar-refractivity contribution >= 4 is 11.7 Å². The molecule has 4 nitrogen and oxygen atoms in total. The fraction of sp³-hybridized carbons (Fsp3) is 0.389. The van der Waals surface area contributed by atoms with Crippen LogP contribution in [-0.4, -0.2) is 22.0 Å². The van der Waals surface area contributed by atoms with Crippen molar-refractivity contribution in [3.8, 4) is 0 Å². The molecule has 5 heteroatoms. The molecule has 0 unspecified atom stereocenters. The Morgan fingerprint density at radius 1 is 1.26 bits per heavy atom. The minimum absolute atomic E-state index is 0.0488. The predicted molar refractivity (Wildman–Crippen MR) is 89.1 cm³/mol. The third-order valence-electron chi connectivity index (χ3n) is 4.59. The Bertz CT molecular complexity index is 738. The van der Waals surface area contributed by atoms with E-state index in [1.165, 1.54) is 17.5 Å². The Morgan fingerprint density at radius 2 is 2.04 bits per heavy atom. The zero-order valence-electron chi connectivity index (χ0n) is 13.8. The molecule has 0 saturated heterocycles. The van der Waals surface area contributed by atoms with Crippen LogP contribution in [0.3, 0.4) is 0 Å². The van der Waals surface area contributed by atoms with Crippen LogP contribution in [0.25, 0.3) is 0 Å². The lowest BCUT2D eigenvalue weighted by molar-refractivity contribution is 0.165. The molecular formula is C18H22FN3O. The highest BCUT2D eigenvalue weighted by Crippen LogP contribution is 2.30. The van der Waals surface area contributed by atoms with Gasteiger partial charge in [0.2, 0.25) is 0 Å². The second-order valence-corrected chi connectivity index (χ2v) is 6.06. The number of hydrogen-bond acceptors (Lipinski definition) is 1. The molecule has 1 atom stereocenters. The van der Waals surface area contributed by atoms with Gasteiger partial charge in [0.1, 0.15) is 5.82 Å². The number of benzene rings is 1. The maximum atomic E-state index is 13.6. The number of aromatic nitrogens is 1. The molecular weight excluding hydrogens is 293 g/mol. The standard InChI is InChI=1S/C18H22FN3O/c1-4-16-17-8-6-13(3)21(17)9-10-22(16)18(23)20-14-7-5-12(2)15(19)11-14/h5-8,11,16H,4,9-10H2,1-3H3,(H,20,23)/t16-/m0/s1. The molecule has 0 radical (unpaired) electrons. The number of carbonyl (C=O) groups excluding carboxylic acids is 1. The zero-order chi connectivity index (χ0) is 16.6. The number of hydrogen-bond donors (Lipinski definition) is 1. The van der Waals surface area contributed by atoms with E-state index in [2.05, 4.69) is 35.9 Å². The second kappa shape index (κ2) is 6.07. The Morgan fingerprint density at radius 3 is 2.74 bits per heavy atom. The highest BCUT2D eigenvalue weighted by Gasteiger charge is 2.30. The fourth-order valence-electron chi connectivity index (χ4n) is 3.25. The van der Waals surface area contributed by atoms with E-state index in [1.807, 2.05) is 4.90 Å². The fourth-order valence-corrected chi connectivity index (χ4v) is 3.25. The minimum atomic E-state index is -0.307. The summed E-state index contributed by atoms with van der Waals surface area (Å²) in [4.78, 5) is 14.5. The monoisotopic (exact) mass is 315 g/mol. The van der Waals surface area contributed by atoms with Crippen molar-refractivity contribution < 1.29 is 9.18 Å². The zero-order valence-corrected chi connectivity index (χ0v) is 13.8. The van der Waals surface area contributed by atoms with Crippen LogP contribution in [0.2, 0.25) is 0 Å². The Balaban J connectivity index is 1.80. The van der Waals surface area contributed by atoms with E-state index in [0.717, 1.165) is 13.0 Å². The average molecular weight is 315 g/mol. The van der Waals surface area contributed by atoms with Gasteiger partial charge in [0.15, 0.2) is 0 Å². The third kappa shape index (κ3) is 2.83. The van der Waals surface area contributed by atoms with Gasteiger partial charge in [-0.3, -0.25) is 0 Å². The molecule has 1 aliphatic heterocycles. The number of nitrogens with one attached hydrogen (secondary N) is 1. The summed E-state index contributed by atoms with van der Waals surface area (Å²) in [5.74, 6) is -0.307. The molecule has 1 aromatic heterocycles.